The van der Waals surface area contributed by atoms with E-state index in [-0.39, 0.29) is 0 Å². The number of furan rings is 1. The van der Waals surface area contributed by atoms with E-state index in [2.05, 4.69) is 30.7 Å². The van der Waals surface area contributed by atoms with Crippen molar-refractivity contribution in [3.63, 3.8) is 0 Å². The molecule has 0 atom stereocenters. The lowest BCUT2D eigenvalue weighted by molar-refractivity contribution is 0.303. The molecule has 0 radical (unpaired) electrons. The zero-order valence-electron chi connectivity index (χ0n) is 23.6. The Morgan fingerprint density at radius 3 is 2.67 bits per heavy atom. The number of ether oxygens (including phenoxy) is 2. The fourth-order valence-corrected chi connectivity index (χ4v) is 6.68. The van der Waals surface area contributed by atoms with Crippen LogP contribution in [0.5, 0.6) is 11.5 Å². The van der Waals surface area contributed by atoms with E-state index in [0.717, 1.165) is 58.6 Å². The first-order valence-electron chi connectivity index (χ1n) is 13.7. The minimum atomic E-state index is 0.325. The van der Waals surface area contributed by atoms with E-state index in [0.29, 0.717) is 40.7 Å². The van der Waals surface area contributed by atoms with Crippen LogP contribution >= 0.6 is 23.3 Å². The zero-order chi connectivity index (χ0) is 29.3. The summed E-state index contributed by atoms with van der Waals surface area (Å²) in [5.41, 5.74) is 4.56. The molecule has 0 saturated carbocycles. The second-order valence-electron chi connectivity index (χ2n) is 10.1. The third kappa shape index (κ3) is 5.75. The topological polar surface area (TPSA) is 105 Å². The Kier molecular flexibility index (Phi) is 7.36. The molecule has 12 heteroatoms. The minimum Gasteiger partial charge on any atom is -0.496 e. The van der Waals surface area contributed by atoms with Crippen molar-refractivity contribution in [3.05, 3.63) is 83.1 Å². The van der Waals surface area contributed by atoms with Crippen LogP contribution in [-0.2, 0) is 6.61 Å². The number of benzene rings is 2. The number of methoxy groups -OCH3 is 1. The number of aromatic nitrogens is 4. The van der Waals surface area contributed by atoms with Gasteiger partial charge in [-0.15, -0.1) is 11.3 Å². The van der Waals surface area contributed by atoms with E-state index in [9.17, 15) is 0 Å². The van der Waals surface area contributed by atoms with Crippen molar-refractivity contribution in [2.24, 2.45) is 0 Å². The zero-order valence-corrected chi connectivity index (χ0v) is 25.2. The number of nitriles is 1. The van der Waals surface area contributed by atoms with E-state index in [1.165, 1.54) is 0 Å². The summed E-state index contributed by atoms with van der Waals surface area (Å²) >= 11 is 3.37. The van der Waals surface area contributed by atoms with Crippen LogP contribution < -0.4 is 14.4 Å². The molecule has 1 aliphatic rings. The van der Waals surface area contributed by atoms with Crippen molar-refractivity contribution < 1.29 is 13.9 Å². The van der Waals surface area contributed by atoms with Gasteiger partial charge in [-0.05, 0) is 61.3 Å². The third-order valence-electron chi connectivity index (χ3n) is 7.16. The maximum absolute atomic E-state index is 9.01. The van der Waals surface area contributed by atoms with E-state index in [1.54, 1.807) is 34.9 Å². The van der Waals surface area contributed by atoms with Crippen LogP contribution in [0.3, 0.4) is 0 Å². The van der Waals surface area contributed by atoms with Gasteiger partial charge in [0.05, 0.1) is 41.7 Å². The number of imidazole rings is 1. The number of hydrogen-bond acceptors (Lipinski definition) is 11. The molecule has 0 aliphatic carbocycles. The molecule has 1 fully saturated rings. The number of fused-ring (bicyclic) bond motifs is 2. The summed E-state index contributed by atoms with van der Waals surface area (Å²) in [5.74, 6) is 1.93. The molecule has 0 spiro atoms. The van der Waals surface area contributed by atoms with Crippen LogP contribution in [0.25, 0.3) is 28.1 Å². The first-order valence-corrected chi connectivity index (χ1v) is 15.4. The van der Waals surface area contributed by atoms with Crippen molar-refractivity contribution >= 4 is 45.0 Å². The second kappa shape index (κ2) is 11.6. The van der Waals surface area contributed by atoms with Gasteiger partial charge in [0.2, 0.25) is 0 Å². The monoisotopic (exact) mass is 609 g/mol. The lowest BCUT2D eigenvalue weighted by Gasteiger charge is -2.33. The van der Waals surface area contributed by atoms with Crippen LogP contribution in [0, 0.1) is 18.3 Å². The van der Waals surface area contributed by atoms with E-state index in [1.807, 2.05) is 67.7 Å². The molecule has 43 heavy (non-hydrogen) atoms. The summed E-state index contributed by atoms with van der Waals surface area (Å²) < 4.78 is 22.1. The average molecular weight is 610 g/mol. The Balaban J connectivity index is 1.02. The van der Waals surface area contributed by atoms with Crippen molar-refractivity contribution in [2.45, 2.75) is 18.4 Å². The highest BCUT2D eigenvalue weighted by Crippen LogP contribution is 2.37. The number of piperazine rings is 1. The van der Waals surface area contributed by atoms with Gasteiger partial charge in [-0.3, -0.25) is 0 Å². The van der Waals surface area contributed by atoms with Crippen LogP contribution in [0.1, 0.15) is 17.0 Å². The molecule has 1 saturated heterocycles. The van der Waals surface area contributed by atoms with Gasteiger partial charge >= 0.3 is 0 Å². The Bertz CT molecular complexity index is 1950. The number of hydrogen-bond donors (Lipinski definition) is 0. The largest absolute Gasteiger partial charge is 0.496 e. The number of rotatable bonds is 8. The Morgan fingerprint density at radius 1 is 1.05 bits per heavy atom. The van der Waals surface area contributed by atoms with Crippen LogP contribution in [0.2, 0.25) is 0 Å². The van der Waals surface area contributed by atoms with Gasteiger partial charge in [0.1, 0.15) is 29.4 Å². The Morgan fingerprint density at radius 2 is 1.88 bits per heavy atom. The molecule has 6 aromatic rings. The van der Waals surface area contributed by atoms with Gasteiger partial charge in [-0.1, -0.05) is 0 Å². The molecule has 0 amide bonds. The van der Waals surface area contributed by atoms with E-state index in [4.69, 9.17) is 24.1 Å². The van der Waals surface area contributed by atoms with Gasteiger partial charge in [0.25, 0.3) is 0 Å². The summed E-state index contributed by atoms with van der Waals surface area (Å²) in [7, 11) is 1.63. The van der Waals surface area contributed by atoms with E-state index < -0.39 is 0 Å². The Hall–Kier alpha value is -4.57. The first-order chi connectivity index (χ1) is 21.0. The molecular weight excluding hydrogens is 583 g/mol. The van der Waals surface area contributed by atoms with Crippen LogP contribution in [0.15, 0.2) is 75.5 Å². The summed E-state index contributed by atoms with van der Waals surface area (Å²) in [4.78, 5) is 13.0. The van der Waals surface area contributed by atoms with Crippen molar-refractivity contribution in [2.75, 3.05) is 38.2 Å². The molecule has 1 aliphatic heterocycles. The maximum Gasteiger partial charge on any atom is 0.185 e. The van der Waals surface area contributed by atoms with Gasteiger partial charge in [-0.25, -0.2) is 18.8 Å². The normalized spacial score (nSPS) is 13.9. The van der Waals surface area contributed by atoms with Gasteiger partial charge in [0.15, 0.2) is 16.5 Å². The maximum atomic E-state index is 9.01. The molecule has 0 N–H and O–H groups in total. The standard InChI is InChI=1S/C31H27N7O3S2/c1-20-3-8-30-34-26(17-38(30)35-20)29-15-25-27(13-23(39-2)14-28(25)41-29)40-18-22-19-42-31(33-22)36-9-11-37(12-10-36)43-24-6-4-21(16-32)5-7-24/h3-8,13-15,17,19H,9-12,18H2,1-2H3. The number of aryl methyl sites for hydroxylation is 1. The molecule has 0 unspecified atom stereocenters. The SMILES string of the molecule is COc1cc(OCc2csc(N3CCN(Sc4ccc(C#N)cc4)CC3)n2)c2cc(-c3cn4nc(C)ccc4n3)oc2c1. The molecule has 0 bridgehead atoms. The van der Waals surface area contributed by atoms with Gasteiger partial charge in [-0.2, -0.15) is 10.4 Å². The fraction of sp³-hybridized carbons (Fsp3) is 0.226. The molecule has 10 nitrogen and oxygen atoms in total. The number of nitrogens with zero attached hydrogens (tertiary/aromatic N) is 7. The first kappa shape index (κ1) is 27.3. The third-order valence-corrected chi connectivity index (χ3v) is 9.21. The summed E-state index contributed by atoms with van der Waals surface area (Å²) in [6.07, 6.45) is 1.86. The molecule has 4 aromatic heterocycles. The predicted molar refractivity (Wildman–Crippen MR) is 167 cm³/mol. The smallest absolute Gasteiger partial charge is 0.185 e. The molecule has 5 heterocycles. The molecule has 2 aromatic carbocycles. The predicted octanol–water partition coefficient (Wildman–Crippen LogP) is 6.20. The number of thiazole rings is 1. The molecule has 216 valence electrons. The lowest BCUT2D eigenvalue weighted by Crippen LogP contribution is -2.43. The average Bonchev–Trinajstić information content (AvgIpc) is 3.78. The minimum absolute atomic E-state index is 0.325. The quantitative estimate of drug-likeness (QED) is 0.185. The summed E-state index contributed by atoms with van der Waals surface area (Å²) in [6.45, 7) is 5.89. The number of anilines is 1. The van der Waals surface area contributed by atoms with Crippen LogP contribution in [0.4, 0.5) is 5.13 Å². The van der Waals surface area contributed by atoms with Crippen molar-refractivity contribution in [1.82, 2.24) is 23.9 Å². The van der Waals surface area contributed by atoms with Crippen molar-refractivity contribution in [3.8, 4) is 29.0 Å². The Labute approximate surface area is 256 Å². The van der Waals surface area contributed by atoms with Gasteiger partial charge in [0, 0.05) is 48.6 Å². The fourth-order valence-electron chi connectivity index (χ4n) is 4.91. The van der Waals surface area contributed by atoms with Crippen molar-refractivity contribution in [1.29, 1.82) is 5.26 Å². The summed E-state index contributed by atoms with van der Waals surface area (Å²) in [6, 6.07) is 19.4. The van der Waals surface area contributed by atoms with E-state index >= 15 is 0 Å². The molecular formula is C31H27N7O3S2. The second-order valence-corrected chi connectivity index (χ2v) is 12.1. The highest BCUT2D eigenvalue weighted by Gasteiger charge is 2.21. The van der Waals surface area contributed by atoms with Crippen LogP contribution in [-0.4, -0.2) is 57.2 Å². The highest BCUT2D eigenvalue weighted by molar-refractivity contribution is 7.97. The summed E-state index contributed by atoms with van der Waals surface area (Å²) in [5, 5.41) is 17.4. The van der Waals surface area contributed by atoms with Gasteiger partial charge < -0.3 is 18.8 Å². The highest BCUT2D eigenvalue weighted by atomic mass is 32.2. The lowest BCUT2D eigenvalue weighted by atomic mass is 10.2. The molecule has 7 rings (SSSR count).